The molecule has 2 heterocycles. The fourth-order valence-corrected chi connectivity index (χ4v) is 3.20. The van der Waals surface area contributed by atoms with Gasteiger partial charge < -0.3 is 10.2 Å². The van der Waals surface area contributed by atoms with E-state index in [1.165, 1.54) is 0 Å². The number of hydrogen-bond donors (Lipinski definition) is 1. The third-order valence-electron chi connectivity index (χ3n) is 4.53. The number of benzene rings is 1. The predicted molar refractivity (Wildman–Crippen MR) is 85.5 cm³/mol. The third kappa shape index (κ3) is 2.91. The monoisotopic (exact) mass is 315 g/mol. The Hall–Kier alpha value is -2.44. The lowest BCUT2D eigenvalue weighted by Crippen LogP contribution is -2.52. The normalized spacial score (nSPS) is 21.4. The molecule has 2 amide bonds. The maximum atomic E-state index is 12.6. The molecule has 0 spiro atoms. The molecule has 1 aromatic heterocycles. The number of para-hydroxylation sites is 1. The molecule has 0 unspecified atom stereocenters. The van der Waals surface area contributed by atoms with Crippen LogP contribution in [-0.2, 0) is 16.1 Å². The SMILES string of the molecule is CNC(=O)[C@@]1(C)CCCN(C(=O)Cn2nnc3ccccc32)C1. The molecule has 23 heavy (non-hydrogen) atoms. The molecule has 1 aromatic carbocycles. The molecule has 0 aliphatic carbocycles. The van der Waals surface area contributed by atoms with Crippen LogP contribution in [-0.4, -0.2) is 51.8 Å². The first-order chi connectivity index (χ1) is 11.0. The van der Waals surface area contributed by atoms with Gasteiger partial charge in [0, 0.05) is 20.1 Å². The van der Waals surface area contributed by atoms with Crippen molar-refractivity contribution < 1.29 is 9.59 Å². The van der Waals surface area contributed by atoms with Crippen LogP contribution in [0.15, 0.2) is 24.3 Å². The number of aromatic nitrogens is 3. The Labute approximate surface area is 134 Å². The molecule has 0 bridgehead atoms. The third-order valence-corrected chi connectivity index (χ3v) is 4.53. The van der Waals surface area contributed by atoms with E-state index in [9.17, 15) is 9.59 Å². The number of hydrogen-bond acceptors (Lipinski definition) is 4. The van der Waals surface area contributed by atoms with E-state index < -0.39 is 5.41 Å². The number of carbonyl (C=O) groups is 2. The number of amides is 2. The first-order valence-electron chi connectivity index (χ1n) is 7.82. The van der Waals surface area contributed by atoms with Crippen LogP contribution in [0.3, 0.4) is 0 Å². The number of nitrogens with one attached hydrogen (secondary N) is 1. The fraction of sp³-hybridized carbons (Fsp3) is 0.500. The Morgan fingerprint density at radius 2 is 2.13 bits per heavy atom. The van der Waals surface area contributed by atoms with Gasteiger partial charge >= 0.3 is 0 Å². The van der Waals surface area contributed by atoms with Crippen LogP contribution in [0.2, 0.25) is 0 Å². The predicted octanol–water partition coefficient (Wildman–Crippen LogP) is 0.806. The molecule has 1 fully saturated rings. The summed E-state index contributed by atoms with van der Waals surface area (Å²) in [7, 11) is 1.63. The van der Waals surface area contributed by atoms with Crippen molar-refractivity contribution in [2.45, 2.75) is 26.3 Å². The maximum Gasteiger partial charge on any atom is 0.244 e. The lowest BCUT2D eigenvalue weighted by Gasteiger charge is -2.39. The van der Waals surface area contributed by atoms with Crippen LogP contribution in [0.1, 0.15) is 19.8 Å². The molecule has 2 aromatic rings. The highest BCUT2D eigenvalue weighted by atomic mass is 16.2. The van der Waals surface area contributed by atoms with Gasteiger partial charge in [0.05, 0.1) is 10.9 Å². The van der Waals surface area contributed by atoms with Crippen LogP contribution < -0.4 is 5.32 Å². The zero-order chi connectivity index (χ0) is 16.4. The average Bonchev–Trinajstić information content (AvgIpc) is 2.97. The van der Waals surface area contributed by atoms with E-state index in [1.54, 1.807) is 16.6 Å². The van der Waals surface area contributed by atoms with Gasteiger partial charge in [-0.15, -0.1) is 5.10 Å². The van der Waals surface area contributed by atoms with Gasteiger partial charge in [-0.1, -0.05) is 17.3 Å². The number of fused-ring (bicyclic) bond motifs is 1. The quantitative estimate of drug-likeness (QED) is 0.909. The highest BCUT2D eigenvalue weighted by Gasteiger charge is 2.38. The first kappa shape index (κ1) is 15.5. The van der Waals surface area contributed by atoms with E-state index in [1.807, 2.05) is 31.2 Å². The Morgan fingerprint density at radius 1 is 1.35 bits per heavy atom. The minimum Gasteiger partial charge on any atom is -0.359 e. The Balaban J connectivity index is 1.74. The summed E-state index contributed by atoms with van der Waals surface area (Å²) in [6.45, 7) is 3.18. The molecule has 1 aliphatic heterocycles. The topological polar surface area (TPSA) is 80.1 Å². The fourth-order valence-electron chi connectivity index (χ4n) is 3.20. The van der Waals surface area contributed by atoms with Crippen LogP contribution in [0.4, 0.5) is 0 Å². The minimum absolute atomic E-state index is 0.0128. The highest BCUT2D eigenvalue weighted by molar-refractivity contribution is 5.84. The van der Waals surface area contributed by atoms with Crippen LogP contribution in [0.25, 0.3) is 11.0 Å². The van der Waals surface area contributed by atoms with E-state index in [-0.39, 0.29) is 18.4 Å². The van der Waals surface area contributed by atoms with Crippen molar-refractivity contribution in [3.8, 4) is 0 Å². The number of rotatable bonds is 3. The van der Waals surface area contributed by atoms with E-state index in [4.69, 9.17) is 0 Å². The second-order valence-corrected chi connectivity index (χ2v) is 6.29. The second-order valence-electron chi connectivity index (χ2n) is 6.29. The molecule has 0 radical (unpaired) electrons. The molecule has 1 N–H and O–H groups in total. The smallest absolute Gasteiger partial charge is 0.244 e. The molecule has 7 nitrogen and oxygen atoms in total. The lowest BCUT2D eigenvalue weighted by molar-refractivity contribution is -0.140. The summed E-state index contributed by atoms with van der Waals surface area (Å²) in [5.74, 6) is -0.0447. The van der Waals surface area contributed by atoms with Gasteiger partial charge in [-0.05, 0) is 31.9 Å². The van der Waals surface area contributed by atoms with E-state index in [0.29, 0.717) is 13.1 Å². The number of carbonyl (C=O) groups excluding carboxylic acids is 2. The van der Waals surface area contributed by atoms with Gasteiger partial charge in [0.15, 0.2) is 0 Å². The van der Waals surface area contributed by atoms with Crippen LogP contribution in [0, 0.1) is 5.41 Å². The van der Waals surface area contributed by atoms with Crippen LogP contribution >= 0.6 is 0 Å². The molecular formula is C16H21N5O2. The van der Waals surface area contributed by atoms with E-state index in [0.717, 1.165) is 23.9 Å². The summed E-state index contributed by atoms with van der Waals surface area (Å²) in [4.78, 5) is 26.4. The average molecular weight is 315 g/mol. The first-order valence-corrected chi connectivity index (χ1v) is 7.82. The summed E-state index contributed by atoms with van der Waals surface area (Å²) in [5.41, 5.74) is 1.09. The number of likely N-dealkylation sites (tertiary alicyclic amines) is 1. The zero-order valence-electron chi connectivity index (χ0n) is 13.5. The van der Waals surface area contributed by atoms with Gasteiger partial charge in [-0.25, -0.2) is 4.68 Å². The van der Waals surface area contributed by atoms with Crippen molar-refractivity contribution >= 4 is 22.8 Å². The Morgan fingerprint density at radius 3 is 2.91 bits per heavy atom. The zero-order valence-corrected chi connectivity index (χ0v) is 13.5. The number of piperidine rings is 1. The van der Waals surface area contributed by atoms with Crippen molar-refractivity contribution in [3.63, 3.8) is 0 Å². The van der Waals surface area contributed by atoms with Gasteiger partial charge in [0.25, 0.3) is 0 Å². The van der Waals surface area contributed by atoms with Gasteiger partial charge in [-0.3, -0.25) is 9.59 Å². The van der Waals surface area contributed by atoms with Gasteiger partial charge in [0.2, 0.25) is 11.8 Å². The van der Waals surface area contributed by atoms with E-state index >= 15 is 0 Å². The van der Waals surface area contributed by atoms with Crippen LogP contribution in [0.5, 0.6) is 0 Å². The standard InChI is InChI=1S/C16H21N5O2/c1-16(15(23)17-2)8-5-9-20(11-16)14(22)10-21-13-7-4-3-6-12(13)18-19-21/h3-4,6-7H,5,8-11H2,1-2H3,(H,17,23)/t16-/m0/s1. The molecule has 122 valence electrons. The summed E-state index contributed by atoms with van der Waals surface area (Å²) in [6, 6.07) is 7.55. The summed E-state index contributed by atoms with van der Waals surface area (Å²) in [6.07, 6.45) is 1.62. The molecule has 3 rings (SSSR count). The Kier molecular flexibility index (Phi) is 4.02. The van der Waals surface area contributed by atoms with Gasteiger partial charge in [-0.2, -0.15) is 0 Å². The molecule has 0 saturated carbocycles. The van der Waals surface area contributed by atoms with E-state index in [2.05, 4.69) is 15.6 Å². The molecule has 1 atom stereocenters. The largest absolute Gasteiger partial charge is 0.359 e. The van der Waals surface area contributed by atoms with Crippen molar-refractivity contribution in [1.82, 2.24) is 25.2 Å². The lowest BCUT2D eigenvalue weighted by atomic mass is 9.81. The van der Waals surface area contributed by atoms with Crippen molar-refractivity contribution in [1.29, 1.82) is 0 Å². The highest BCUT2D eigenvalue weighted by Crippen LogP contribution is 2.29. The molecule has 1 aliphatic rings. The molecule has 1 saturated heterocycles. The van der Waals surface area contributed by atoms with Crippen molar-refractivity contribution in [3.05, 3.63) is 24.3 Å². The minimum atomic E-state index is -0.521. The maximum absolute atomic E-state index is 12.6. The molecular weight excluding hydrogens is 294 g/mol. The summed E-state index contributed by atoms with van der Waals surface area (Å²) >= 11 is 0. The second kappa shape index (κ2) is 5.98. The summed E-state index contributed by atoms with van der Waals surface area (Å²) < 4.78 is 1.61. The Bertz CT molecular complexity index is 741. The molecule has 7 heteroatoms. The summed E-state index contributed by atoms with van der Waals surface area (Å²) in [5, 5.41) is 10.8. The van der Waals surface area contributed by atoms with Crippen molar-refractivity contribution in [2.75, 3.05) is 20.1 Å². The number of nitrogens with zero attached hydrogens (tertiary/aromatic N) is 4. The van der Waals surface area contributed by atoms with Crippen molar-refractivity contribution in [2.24, 2.45) is 5.41 Å². The van der Waals surface area contributed by atoms with Gasteiger partial charge in [0.1, 0.15) is 12.1 Å².